The summed E-state index contributed by atoms with van der Waals surface area (Å²) in [4.78, 5) is 14.1. The molecule has 104 valence electrons. The van der Waals surface area contributed by atoms with E-state index in [4.69, 9.17) is 21.1 Å². The van der Waals surface area contributed by atoms with Crippen LogP contribution in [0.25, 0.3) is 0 Å². The van der Waals surface area contributed by atoms with Crippen LogP contribution in [0.2, 0.25) is 0 Å². The predicted molar refractivity (Wildman–Crippen MR) is 73.5 cm³/mol. The van der Waals surface area contributed by atoms with Gasteiger partial charge in [-0.15, -0.1) is 11.6 Å². The summed E-state index contributed by atoms with van der Waals surface area (Å²) in [6.45, 7) is 1.12. The summed E-state index contributed by atoms with van der Waals surface area (Å²) in [5.74, 6) is 0.457. The Balaban J connectivity index is 2.07. The van der Waals surface area contributed by atoms with E-state index in [-0.39, 0.29) is 18.1 Å². The maximum atomic E-state index is 12.4. The van der Waals surface area contributed by atoms with Gasteiger partial charge in [-0.2, -0.15) is 0 Å². The highest BCUT2D eigenvalue weighted by atomic mass is 35.5. The lowest BCUT2D eigenvalue weighted by Gasteiger charge is -2.15. The van der Waals surface area contributed by atoms with Gasteiger partial charge in [0.25, 0.3) is 5.91 Å². The summed E-state index contributed by atoms with van der Waals surface area (Å²) in [6, 6.07) is 7.36. The highest BCUT2D eigenvalue weighted by Gasteiger charge is 2.35. The van der Waals surface area contributed by atoms with Crippen molar-refractivity contribution in [3.05, 3.63) is 35.4 Å². The van der Waals surface area contributed by atoms with E-state index < -0.39 is 0 Å². The largest absolute Gasteiger partial charge is 0.377 e. The van der Waals surface area contributed by atoms with Gasteiger partial charge in [-0.25, -0.2) is 0 Å². The molecule has 1 aliphatic rings. The zero-order chi connectivity index (χ0) is 13.8. The number of alkyl halides is 1. The van der Waals surface area contributed by atoms with Crippen molar-refractivity contribution in [3.63, 3.8) is 0 Å². The quantitative estimate of drug-likeness (QED) is 0.793. The van der Waals surface area contributed by atoms with E-state index in [1.165, 1.54) is 0 Å². The van der Waals surface area contributed by atoms with Gasteiger partial charge in [0.05, 0.1) is 0 Å². The molecule has 1 saturated heterocycles. The smallest absolute Gasteiger partial charge is 0.254 e. The van der Waals surface area contributed by atoms with Crippen LogP contribution >= 0.6 is 11.6 Å². The molecule has 0 spiro atoms. The van der Waals surface area contributed by atoms with Crippen LogP contribution in [-0.4, -0.2) is 50.3 Å². The molecule has 2 unspecified atom stereocenters. The number of benzene rings is 1. The second-order valence-electron chi connectivity index (χ2n) is 4.59. The van der Waals surface area contributed by atoms with Crippen molar-refractivity contribution in [2.45, 2.75) is 18.1 Å². The van der Waals surface area contributed by atoms with Crippen LogP contribution in [0.4, 0.5) is 0 Å². The Hall–Kier alpha value is -1.10. The molecule has 0 bridgehead atoms. The third-order valence-electron chi connectivity index (χ3n) is 3.46. The molecule has 4 nitrogen and oxygen atoms in total. The van der Waals surface area contributed by atoms with Crippen molar-refractivity contribution in [1.82, 2.24) is 4.90 Å². The molecule has 0 N–H and O–H groups in total. The normalized spacial score (nSPS) is 22.8. The molecule has 1 fully saturated rings. The van der Waals surface area contributed by atoms with Crippen LogP contribution < -0.4 is 0 Å². The first-order valence-corrected chi connectivity index (χ1v) is 6.72. The van der Waals surface area contributed by atoms with E-state index in [1.807, 2.05) is 24.3 Å². The molecule has 0 saturated carbocycles. The lowest BCUT2D eigenvalue weighted by atomic mass is 10.1. The number of carbonyl (C=O) groups excluding carboxylic acids is 1. The van der Waals surface area contributed by atoms with Crippen LogP contribution in [0, 0.1) is 0 Å². The van der Waals surface area contributed by atoms with Crippen LogP contribution in [0.1, 0.15) is 15.9 Å². The lowest BCUT2D eigenvalue weighted by molar-refractivity contribution is -0.00461. The Morgan fingerprint density at radius 1 is 1.21 bits per heavy atom. The first-order valence-electron chi connectivity index (χ1n) is 6.19. The van der Waals surface area contributed by atoms with Crippen molar-refractivity contribution in [3.8, 4) is 0 Å². The maximum absolute atomic E-state index is 12.4. The zero-order valence-electron chi connectivity index (χ0n) is 11.1. The molecule has 1 aromatic carbocycles. The van der Waals surface area contributed by atoms with Gasteiger partial charge in [-0.1, -0.05) is 12.1 Å². The standard InChI is InChI=1S/C14H18ClNO3/c1-18-12-8-16(9-13(12)19-2)14(17)11-5-3-10(7-15)4-6-11/h3-6,12-13H,7-9H2,1-2H3. The van der Waals surface area contributed by atoms with Gasteiger partial charge in [0, 0.05) is 38.8 Å². The van der Waals surface area contributed by atoms with Gasteiger partial charge in [-0.05, 0) is 17.7 Å². The highest BCUT2D eigenvalue weighted by molar-refractivity contribution is 6.17. The molecular formula is C14H18ClNO3. The SMILES string of the molecule is COC1CN(C(=O)c2ccc(CCl)cc2)CC1OC. The number of likely N-dealkylation sites (tertiary alicyclic amines) is 1. The Bertz CT molecular complexity index is 423. The van der Waals surface area contributed by atoms with Crippen molar-refractivity contribution in [2.24, 2.45) is 0 Å². The van der Waals surface area contributed by atoms with E-state index in [0.717, 1.165) is 5.56 Å². The van der Waals surface area contributed by atoms with Gasteiger partial charge < -0.3 is 14.4 Å². The summed E-state index contributed by atoms with van der Waals surface area (Å²) >= 11 is 5.73. The minimum absolute atomic E-state index is 0.00252. The summed E-state index contributed by atoms with van der Waals surface area (Å²) in [5, 5.41) is 0. The fraction of sp³-hybridized carbons (Fsp3) is 0.500. The van der Waals surface area contributed by atoms with E-state index in [0.29, 0.717) is 24.5 Å². The molecule has 19 heavy (non-hydrogen) atoms. The van der Waals surface area contributed by atoms with E-state index in [1.54, 1.807) is 19.1 Å². The number of ether oxygens (including phenoxy) is 2. The third kappa shape index (κ3) is 3.08. The van der Waals surface area contributed by atoms with Crippen LogP contribution in [-0.2, 0) is 15.4 Å². The third-order valence-corrected chi connectivity index (χ3v) is 3.77. The Kier molecular flexibility index (Phi) is 4.80. The van der Waals surface area contributed by atoms with Crippen LogP contribution in [0.3, 0.4) is 0 Å². The Morgan fingerprint density at radius 2 is 1.74 bits per heavy atom. The lowest BCUT2D eigenvalue weighted by Crippen LogP contribution is -2.30. The molecule has 2 atom stereocenters. The first kappa shape index (κ1) is 14.3. The van der Waals surface area contributed by atoms with Crippen molar-refractivity contribution < 1.29 is 14.3 Å². The minimum atomic E-state index is -0.0592. The monoisotopic (exact) mass is 283 g/mol. The second kappa shape index (κ2) is 6.37. The number of halogens is 1. The number of hydrogen-bond acceptors (Lipinski definition) is 3. The zero-order valence-corrected chi connectivity index (χ0v) is 11.9. The van der Waals surface area contributed by atoms with Crippen LogP contribution in [0.15, 0.2) is 24.3 Å². The van der Waals surface area contributed by atoms with Gasteiger partial charge in [0.15, 0.2) is 0 Å². The van der Waals surface area contributed by atoms with Crippen molar-refractivity contribution >= 4 is 17.5 Å². The molecule has 2 rings (SSSR count). The topological polar surface area (TPSA) is 38.8 Å². The fourth-order valence-electron chi connectivity index (χ4n) is 2.28. The summed E-state index contributed by atoms with van der Waals surface area (Å²) in [7, 11) is 3.28. The van der Waals surface area contributed by atoms with Crippen molar-refractivity contribution in [1.29, 1.82) is 0 Å². The first-order chi connectivity index (χ1) is 9.19. The van der Waals surface area contributed by atoms with E-state index >= 15 is 0 Å². The van der Waals surface area contributed by atoms with Crippen LogP contribution in [0.5, 0.6) is 0 Å². The second-order valence-corrected chi connectivity index (χ2v) is 4.86. The predicted octanol–water partition coefficient (Wildman–Crippen LogP) is 1.91. The molecule has 1 heterocycles. The summed E-state index contributed by atoms with van der Waals surface area (Å²) in [6.07, 6.45) is -0.118. The van der Waals surface area contributed by atoms with Gasteiger partial charge in [0.2, 0.25) is 0 Å². The number of carbonyl (C=O) groups is 1. The Labute approximate surface area is 118 Å². The number of amides is 1. The number of methoxy groups -OCH3 is 2. The van der Waals surface area contributed by atoms with Gasteiger partial charge in [-0.3, -0.25) is 4.79 Å². The van der Waals surface area contributed by atoms with Gasteiger partial charge in [0.1, 0.15) is 12.2 Å². The number of nitrogens with zero attached hydrogens (tertiary/aromatic N) is 1. The minimum Gasteiger partial charge on any atom is -0.377 e. The number of hydrogen-bond donors (Lipinski definition) is 0. The average Bonchev–Trinajstić information content (AvgIpc) is 2.89. The van der Waals surface area contributed by atoms with E-state index in [9.17, 15) is 4.79 Å². The highest BCUT2D eigenvalue weighted by Crippen LogP contribution is 2.18. The molecule has 1 amide bonds. The molecule has 5 heteroatoms. The molecule has 1 aliphatic heterocycles. The molecular weight excluding hydrogens is 266 g/mol. The van der Waals surface area contributed by atoms with Gasteiger partial charge >= 0.3 is 0 Å². The van der Waals surface area contributed by atoms with Crippen molar-refractivity contribution in [2.75, 3.05) is 27.3 Å². The summed E-state index contributed by atoms with van der Waals surface area (Å²) in [5.41, 5.74) is 1.67. The molecule has 1 aromatic rings. The fourth-order valence-corrected chi connectivity index (χ4v) is 2.46. The van der Waals surface area contributed by atoms with E-state index in [2.05, 4.69) is 0 Å². The average molecular weight is 284 g/mol. The molecule has 0 aliphatic carbocycles. The summed E-state index contributed by atoms with van der Waals surface area (Å²) < 4.78 is 10.7. The maximum Gasteiger partial charge on any atom is 0.254 e. The molecule has 0 radical (unpaired) electrons. The number of rotatable bonds is 4. The molecule has 0 aromatic heterocycles. The Morgan fingerprint density at radius 3 is 2.16 bits per heavy atom.